The zero-order valence-electron chi connectivity index (χ0n) is 4.44. The average molecular weight is 75.1 g/mol. The van der Waals surface area contributed by atoms with E-state index in [0.717, 1.165) is 0 Å². The summed E-state index contributed by atoms with van der Waals surface area (Å²) in [5.74, 6) is 0.157. The number of rotatable bonds is 1. The monoisotopic (exact) mass is 75.1 g/mol. The Bertz CT molecular complexity index is 26.7. The fourth-order valence-electron chi connectivity index (χ4n) is 0. The van der Waals surface area contributed by atoms with Gasteiger partial charge in [0.15, 0.2) is 0 Å². The number of aliphatic hydroxyl groups is 1. The molecule has 1 heteroatoms. The maximum absolute atomic E-state index is 8.21. The molecule has 0 heterocycles. The van der Waals surface area contributed by atoms with E-state index in [1.165, 1.54) is 0 Å². The third kappa shape index (κ3) is 3.96. The highest BCUT2D eigenvalue weighted by atomic mass is 16.3. The van der Waals surface area contributed by atoms with Gasteiger partial charge in [0.2, 0.25) is 0 Å². The van der Waals surface area contributed by atoms with E-state index in [4.69, 9.17) is 6.48 Å². The van der Waals surface area contributed by atoms with Gasteiger partial charge in [0, 0.05) is 7.98 Å². The molecule has 0 rings (SSSR count). The fourth-order valence-corrected chi connectivity index (χ4v) is 0. The Labute approximate surface area is 34.0 Å². The topological polar surface area (TPSA) is 20.2 Å². The second kappa shape index (κ2) is 2.21. The highest BCUT2D eigenvalue weighted by Gasteiger charge is 1.81. The van der Waals surface area contributed by atoms with E-state index in [1.807, 2.05) is 6.92 Å². The van der Waals surface area contributed by atoms with Crippen molar-refractivity contribution >= 4 is 0 Å². The maximum Gasteiger partial charge on any atom is 0.0453 e. The third-order valence-electron chi connectivity index (χ3n) is 0.312. The van der Waals surface area contributed by atoms with Crippen LogP contribution in [0.15, 0.2) is 0 Å². The van der Waals surface area contributed by atoms with Gasteiger partial charge in [-0.1, -0.05) is 13.8 Å². The molecule has 0 bridgehead atoms. The minimum atomic E-state index is 0.142. The first-order valence-electron chi connectivity index (χ1n) is 2.42. The minimum absolute atomic E-state index is 0.142. The van der Waals surface area contributed by atoms with Crippen LogP contribution in [0.4, 0.5) is 0 Å². The average Bonchev–Trinajstić information content (AvgIpc) is 1.65. The Hall–Kier alpha value is -0.0400. The Morgan fingerprint density at radius 1 is 2.20 bits per heavy atom. The number of hydrogen-bond donors (Lipinski definition) is 1. The van der Waals surface area contributed by atoms with Gasteiger partial charge < -0.3 is 5.11 Å². The van der Waals surface area contributed by atoms with Crippen LogP contribution in [0, 0.1) is 5.92 Å². The summed E-state index contributed by atoms with van der Waals surface area (Å²) in [6.07, 6.45) is 0. The lowest BCUT2D eigenvalue weighted by atomic mass is 10.2. The van der Waals surface area contributed by atoms with E-state index in [0.29, 0.717) is 6.90 Å². The first-order valence-corrected chi connectivity index (χ1v) is 1.71. The van der Waals surface area contributed by atoms with Crippen molar-refractivity contribution in [1.82, 2.24) is 0 Å². The van der Waals surface area contributed by atoms with Crippen molar-refractivity contribution in [3.05, 3.63) is 0 Å². The molecule has 0 saturated carbocycles. The van der Waals surface area contributed by atoms with Crippen LogP contribution in [0.3, 0.4) is 0 Å². The van der Waals surface area contributed by atoms with E-state index >= 15 is 0 Å². The van der Waals surface area contributed by atoms with Gasteiger partial charge in [-0.3, -0.25) is 0 Å². The highest BCUT2D eigenvalue weighted by Crippen LogP contribution is 1.83. The van der Waals surface area contributed by atoms with Crippen LogP contribution < -0.4 is 0 Å². The van der Waals surface area contributed by atoms with Crippen molar-refractivity contribution in [3.63, 3.8) is 0 Å². The molecule has 1 nitrogen and oxygen atoms in total. The minimum Gasteiger partial charge on any atom is -0.396 e. The molecule has 0 fully saturated rings. The maximum atomic E-state index is 8.21. The van der Waals surface area contributed by atoms with Crippen LogP contribution >= 0.6 is 0 Å². The second-order valence-electron chi connectivity index (χ2n) is 1.29. The van der Waals surface area contributed by atoms with Gasteiger partial charge in [-0.15, -0.1) is 0 Å². The predicted molar refractivity (Wildman–Crippen MR) is 21.9 cm³/mol. The van der Waals surface area contributed by atoms with Gasteiger partial charge in [0.25, 0.3) is 0 Å². The molecular formula is C4H10O. The normalized spacial score (nSPS) is 17.6. The van der Waals surface area contributed by atoms with Crippen LogP contribution in [0.1, 0.15) is 15.2 Å². The molecule has 0 saturated heterocycles. The van der Waals surface area contributed by atoms with Crippen LogP contribution in [0.25, 0.3) is 0 Å². The Balaban J connectivity index is 2.75. The van der Waals surface area contributed by atoms with Gasteiger partial charge in [0.1, 0.15) is 0 Å². The molecule has 1 atom stereocenters. The highest BCUT2D eigenvalue weighted by molar-refractivity contribution is 4.32. The SMILES string of the molecule is [2H]C[C@H](C)CO. The van der Waals surface area contributed by atoms with E-state index < -0.39 is 0 Å². The van der Waals surface area contributed by atoms with Crippen molar-refractivity contribution in [2.75, 3.05) is 6.61 Å². The summed E-state index contributed by atoms with van der Waals surface area (Å²) >= 11 is 0. The smallest absolute Gasteiger partial charge is 0.0453 e. The molecule has 0 unspecified atom stereocenters. The summed E-state index contributed by atoms with van der Waals surface area (Å²) < 4.78 is 6.65. The molecule has 0 aromatic heterocycles. The molecule has 0 amide bonds. The lowest BCUT2D eigenvalue weighted by molar-refractivity contribution is 0.248. The van der Waals surface area contributed by atoms with E-state index in [9.17, 15) is 0 Å². The van der Waals surface area contributed by atoms with Crippen molar-refractivity contribution < 1.29 is 6.48 Å². The van der Waals surface area contributed by atoms with Gasteiger partial charge in [0.05, 0.1) is 0 Å². The third-order valence-corrected chi connectivity index (χ3v) is 0.312. The standard InChI is InChI=1S/C4H10O/c1-4(2)3-5/h4-5H,3H2,1-2H3/i1D/t4-/m1/s1. The first kappa shape index (κ1) is 3.16. The molecule has 0 aliphatic heterocycles. The molecule has 1 N–H and O–H groups in total. The summed E-state index contributed by atoms with van der Waals surface area (Å²) in [6.45, 7) is 2.31. The number of aliphatic hydroxyl groups excluding tert-OH is 1. The molecule has 0 aliphatic rings. The van der Waals surface area contributed by atoms with Crippen molar-refractivity contribution in [2.24, 2.45) is 5.92 Å². The van der Waals surface area contributed by atoms with E-state index in [2.05, 4.69) is 0 Å². The molecule has 5 heavy (non-hydrogen) atoms. The fraction of sp³-hybridized carbons (Fsp3) is 1.00. The van der Waals surface area contributed by atoms with Crippen molar-refractivity contribution in [2.45, 2.75) is 13.8 Å². The van der Waals surface area contributed by atoms with Gasteiger partial charge in [-0.05, 0) is 5.92 Å². The van der Waals surface area contributed by atoms with E-state index in [-0.39, 0.29) is 12.5 Å². The molecular weight excluding hydrogens is 64.0 g/mol. The van der Waals surface area contributed by atoms with Crippen LogP contribution in [0.2, 0.25) is 0 Å². The van der Waals surface area contributed by atoms with Crippen LogP contribution in [0.5, 0.6) is 0 Å². The summed E-state index contributed by atoms with van der Waals surface area (Å²) in [6, 6.07) is 0. The summed E-state index contributed by atoms with van der Waals surface area (Å²) in [5.41, 5.74) is 0. The Morgan fingerprint density at radius 3 is 2.80 bits per heavy atom. The first-order chi connectivity index (χ1) is 2.81. The van der Waals surface area contributed by atoms with Crippen molar-refractivity contribution in [1.29, 1.82) is 0 Å². The van der Waals surface area contributed by atoms with Gasteiger partial charge >= 0.3 is 0 Å². The summed E-state index contributed by atoms with van der Waals surface area (Å²) in [7, 11) is 0. The van der Waals surface area contributed by atoms with Gasteiger partial charge in [-0.2, -0.15) is 0 Å². The van der Waals surface area contributed by atoms with Gasteiger partial charge in [-0.25, -0.2) is 0 Å². The zero-order valence-corrected chi connectivity index (χ0v) is 3.44. The molecule has 0 spiro atoms. The lowest BCUT2D eigenvalue weighted by Gasteiger charge is -1.90. The largest absolute Gasteiger partial charge is 0.396 e. The molecule has 0 radical (unpaired) electrons. The predicted octanol–water partition coefficient (Wildman–Crippen LogP) is 0.635. The van der Waals surface area contributed by atoms with Crippen LogP contribution in [-0.2, 0) is 0 Å². The van der Waals surface area contributed by atoms with E-state index in [1.54, 1.807) is 0 Å². The Kier molecular flexibility index (Phi) is 1.40. The molecule has 0 aliphatic carbocycles. The lowest BCUT2D eigenvalue weighted by Crippen LogP contribution is -1.90. The Morgan fingerprint density at radius 2 is 2.80 bits per heavy atom. The second-order valence-corrected chi connectivity index (χ2v) is 1.29. The van der Waals surface area contributed by atoms with Crippen molar-refractivity contribution in [3.8, 4) is 0 Å². The van der Waals surface area contributed by atoms with Crippen LogP contribution in [-0.4, -0.2) is 11.7 Å². The number of hydrogen-bond acceptors (Lipinski definition) is 1. The molecule has 32 valence electrons. The molecule has 0 aromatic rings. The summed E-state index contributed by atoms with van der Waals surface area (Å²) in [4.78, 5) is 0. The zero-order chi connectivity index (χ0) is 4.99. The quantitative estimate of drug-likeness (QED) is 0.484. The molecule has 0 aromatic carbocycles. The summed E-state index contributed by atoms with van der Waals surface area (Å²) in [5, 5.41) is 8.21.